The van der Waals surface area contributed by atoms with E-state index in [0.29, 0.717) is 0 Å². The zero-order chi connectivity index (χ0) is 28.2. The second kappa shape index (κ2) is 9.55. The number of nitrogens with one attached hydrogen (secondary N) is 8. The molecule has 8 N–H and O–H groups in total. The second-order valence-electron chi connectivity index (χ2n) is 11.1. The molecule has 0 unspecified atom stereocenters. The fourth-order valence-corrected chi connectivity index (χ4v) is 5.84. The normalized spacial score (nSPS) is 18.2. The van der Waals surface area contributed by atoms with Crippen LogP contribution < -0.4 is 21.3 Å². The first-order chi connectivity index (χ1) is 20.6. The molecule has 0 spiro atoms. The molecule has 0 bridgehead atoms. The largest absolute Gasteiger partial charge is 0.357 e. The SMILES string of the molecule is Cc1ccc(-c2ccc(C3=CC/C(=c4/cc/c(=c5/cc/c(=C6/CC=C(c7ccc(-c8ccc(C)[nH]8)[nH]7)N6)[nH]5)[nH]4)N3)[nH]2)[nH]1. The van der Waals surface area contributed by atoms with Crippen LogP contribution in [0.2, 0.25) is 0 Å². The third-order valence-corrected chi connectivity index (χ3v) is 8.10. The Morgan fingerprint density at radius 1 is 0.381 bits per heavy atom. The maximum absolute atomic E-state index is 3.61. The third-order valence-electron chi connectivity index (χ3n) is 8.10. The Labute approximate surface area is 241 Å². The lowest BCUT2D eigenvalue weighted by atomic mass is 10.3. The smallest absolute Gasteiger partial charge is 0.0624 e. The molecule has 0 aliphatic carbocycles. The first-order valence-corrected chi connectivity index (χ1v) is 14.3. The molecule has 8 rings (SSSR count). The van der Waals surface area contributed by atoms with Gasteiger partial charge < -0.3 is 40.5 Å². The van der Waals surface area contributed by atoms with Gasteiger partial charge in [-0.2, -0.15) is 0 Å². The van der Waals surface area contributed by atoms with Crippen LogP contribution in [0.5, 0.6) is 0 Å². The lowest BCUT2D eigenvalue weighted by Gasteiger charge is -2.03. The van der Waals surface area contributed by atoms with E-state index in [4.69, 9.17) is 0 Å². The lowest BCUT2D eigenvalue weighted by molar-refractivity contribution is 1.11. The molecule has 0 aromatic carbocycles. The summed E-state index contributed by atoms with van der Waals surface area (Å²) in [6, 6.07) is 25.4. The van der Waals surface area contributed by atoms with Crippen molar-refractivity contribution in [3.8, 4) is 22.8 Å². The van der Waals surface area contributed by atoms with Gasteiger partial charge in [0.05, 0.1) is 67.0 Å². The van der Waals surface area contributed by atoms with Crippen molar-refractivity contribution >= 4 is 22.8 Å². The quantitative estimate of drug-likeness (QED) is 0.154. The van der Waals surface area contributed by atoms with Crippen molar-refractivity contribution < 1.29 is 0 Å². The minimum Gasteiger partial charge on any atom is -0.357 e. The number of aryl methyl sites for hydroxylation is 2. The van der Waals surface area contributed by atoms with Gasteiger partial charge in [0.25, 0.3) is 0 Å². The summed E-state index contributed by atoms with van der Waals surface area (Å²) in [6.07, 6.45) is 6.16. The van der Waals surface area contributed by atoms with Gasteiger partial charge in [0.15, 0.2) is 0 Å². The summed E-state index contributed by atoms with van der Waals surface area (Å²) in [5.41, 5.74) is 13.4. The van der Waals surface area contributed by atoms with Crippen molar-refractivity contribution in [2.45, 2.75) is 26.7 Å². The fraction of sp³-hybridized carbons (Fsp3) is 0.118. The summed E-state index contributed by atoms with van der Waals surface area (Å²) in [7, 11) is 0. The van der Waals surface area contributed by atoms with E-state index in [0.717, 1.165) is 103 Å². The standard InChI is InChI=1S/C34H32N8/c1-19-3-5-21(35-19)23-7-9-25(37-23)27-11-13-29(39-27)31-15-17-33(41-31)34-18-16-32(42-34)30-14-12-28(40-30)26-10-8-24(38-26)22-6-4-20(2)36-22/h3-12,15-18,35-42H,13-14H2,1-2H3/b31-29+,32-30+,34-33+. The molecular formula is C34H32N8. The number of aromatic nitrogens is 6. The Balaban J connectivity index is 1.02. The maximum atomic E-state index is 3.61. The van der Waals surface area contributed by atoms with Crippen LogP contribution >= 0.6 is 0 Å². The van der Waals surface area contributed by atoms with E-state index in [9.17, 15) is 0 Å². The first kappa shape index (κ1) is 24.3. The van der Waals surface area contributed by atoms with Gasteiger partial charge in [0, 0.05) is 35.6 Å². The molecule has 0 radical (unpaired) electrons. The third kappa shape index (κ3) is 4.34. The molecule has 2 aliphatic rings. The number of aromatic amines is 6. The highest BCUT2D eigenvalue weighted by atomic mass is 15.0. The molecule has 2 aliphatic heterocycles. The molecule has 6 aromatic rings. The second-order valence-corrected chi connectivity index (χ2v) is 11.1. The van der Waals surface area contributed by atoms with E-state index in [-0.39, 0.29) is 0 Å². The van der Waals surface area contributed by atoms with Gasteiger partial charge in [0.2, 0.25) is 0 Å². The molecule has 0 atom stereocenters. The Morgan fingerprint density at radius 3 is 1.19 bits per heavy atom. The van der Waals surface area contributed by atoms with E-state index < -0.39 is 0 Å². The van der Waals surface area contributed by atoms with Gasteiger partial charge in [-0.1, -0.05) is 12.2 Å². The van der Waals surface area contributed by atoms with Gasteiger partial charge >= 0.3 is 0 Å². The first-order valence-electron chi connectivity index (χ1n) is 14.3. The molecule has 8 heteroatoms. The Morgan fingerprint density at radius 2 is 0.762 bits per heavy atom. The monoisotopic (exact) mass is 552 g/mol. The van der Waals surface area contributed by atoms with E-state index in [1.165, 1.54) is 0 Å². The maximum Gasteiger partial charge on any atom is 0.0624 e. The van der Waals surface area contributed by atoms with Crippen molar-refractivity contribution in [2.75, 3.05) is 0 Å². The Hall–Kier alpha value is -5.50. The summed E-state index contributed by atoms with van der Waals surface area (Å²) >= 11 is 0. The predicted molar refractivity (Wildman–Crippen MR) is 167 cm³/mol. The van der Waals surface area contributed by atoms with Crippen LogP contribution in [0, 0.1) is 24.5 Å². The van der Waals surface area contributed by atoms with Crippen LogP contribution in [-0.2, 0) is 0 Å². The van der Waals surface area contributed by atoms with Crippen molar-refractivity contribution in [1.29, 1.82) is 0 Å². The highest BCUT2D eigenvalue weighted by Crippen LogP contribution is 2.26. The summed E-state index contributed by atoms with van der Waals surface area (Å²) in [6.45, 7) is 4.13. The summed E-state index contributed by atoms with van der Waals surface area (Å²) < 4.78 is 0. The van der Waals surface area contributed by atoms with Crippen molar-refractivity contribution in [1.82, 2.24) is 40.5 Å². The van der Waals surface area contributed by atoms with Gasteiger partial charge in [-0.05, 0) is 86.6 Å². The van der Waals surface area contributed by atoms with Crippen LogP contribution in [-0.4, -0.2) is 29.9 Å². The van der Waals surface area contributed by atoms with E-state index in [2.05, 4.69) is 139 Å². The van der Waals surface area contributed by atoms with Crippen molar-refractivity contribution in [3.63, 3.8) is 0 Å². The molecule has 208 valence electrons. The minimum atomic E-state index is 0.849. The highest BCUT2D eigenvalue weighted by molar-refractivity contribution is 5.77. The number of hydrogen-bond donors (Lipinski definition) is 8. The van der Waals surface area contributed by atoms with E-state index >= 15 is 0 Å². The zero-order valence-corrected chi connectivity index (χ0v) is 23.5. The molecular weight excluding hydrogens is 520 g/mol. The molecule has 0 saturated carbocycles. The minimum absolute atomic E-state index is 0.849. The molecule has 6 aromatic heterocycles. The van der Waals surface area contributed by atoms with E-state index in [1.54, 1.807) is 0 Å². The molecule has 0 amide bonds. The molecule has 8 heterocycles. The van der Waals surface area contributed by atoms with Crippen LogP contribution in [0.4, 0.5) is 0 Å². The Kier molecular flexibility index (Phi) is 5.53. The molecule has 42 heavy (non-hydrogen) atoms. The van der Waals surface area contributed by atoms with Gasteiger partial charge in [-0.15, -0.1) is 0 Å². The Bertz CT molecular complexity index is 2070. The average Bonchev–Trinajstić information content (AvgIpc) is 3.81. The van der Waals surface area contributed by atoms with E-state index in [1.807, 2.05) is 0 Å². The van der Waals surface area contributed by atoms with Crippen LogP contribution in [0.1, 0.15) is 35.6 Å². The van der Waals surface area contributed by atoms with Crippen LogP contribution in [0.3, 0.4) is 0 Å². The molecule has 0 fully saturated rings. The number of H-pyrrole nitrogens is 6. The average molecular weight is 553 g/mol. The predicted octanol–water partition coefficient (Wildman–Crippen LogP) is 5.18. The van der Waals surface area contributed by atoms with Crippen molar-refractivity contribution in [2.24, 2.45) is 0 Å². The zero-order valence-electron chi connectivity index (χ0n) is 23.5. The lowest BCUT2D eigenvalue weighted by Crippen LogP contribution is -2.16. The summed E-state index contributed by atoms with van der Waals surface area (Å²) in [5.74, 6) is 0. The topological polar surface area (TPSA) is 119 Å². The van der Waals surface area contributed by atoms with Crippen LogP contribution in [0.25, 0.3) is 45.6 Å². The van der Waals surface area contributed by atoms with Crippen LogP contribution in [0.15, 0.2) is 84.9 Å². The van der Waals surface area contributed by atoms with Gasteiger partial charge in [-0.3, -0.25) is 0 Å². The molecule has 8 nitrogen and oxygen atoms in total. The van der Waals surface area contributed by atoms with Gasteiger partial charge in [0.1, 0.15) is 0 Å². The summed E-state index contributed by atoms with van der Waals surface area (Å²) in [5, 5.41) is 11.5. The number of hydrogen-bond acceptors (Lipinski definition) is 2. The number of rotatable bonds is 4. The highest BCUT2D eigenvalue weighted by Gasteiger charge is 2.16. The van der Waals surface area contributed by atoms with Gasteiger partial charge in [-0.25, -0.2) is 0 Å². The molecule has 0 saturated heterocycles. The fourth-order valence-electron chi connectivity index (χ4n) is 5.84. The summed E-state index contributed by atoms with van der Waals surface area (Å²) in [4.78, 5) is 21.1. The van der Waals surface area contributed by atoms with Crippen molar-refractivity contribution in [3.05, 3.63) is 129 Å².